The van der Waals surface area contributed by atoms with Gasteiger partial charge in [-0.15, -0.1) is 11.8 Å². The fraction of sp³-hybridized carbons (Fsp3) is 0.500. The maximum absolute atomic E-state index is 12.1. The molecule has 1 saturated heterocycles. The number of carbonyl (C=O) groups is 1. The van der Waals surface area contributed by atoms with E-state index in [1.54, 1.807) is 0 Å². The van der Waals surface area contributed by atoms with Crippen molar-refractivity contribution in [3.8, 4) is 0 Å². The molecule has 0 bridgehead atoms. The van der Waals surface area contributed by atoms with Crippen molar-refractivity contribution in [2.45, 2.75) is 29.9 Å². The van der Waals surface area contributed by atoms with E-state index < -0.39 is 0 Å². The van der Waals surface area contributed by atoms with Gasteiger partial charge in [-0.2, -0.15) is 0 Å². The highest BCUT2D eigenvalue weighted by molar-refractivity contribution is 8.00. The second kappa shape index (κ2) is 5.58. The number of amides is 1. The topological polar surface area (TPSA) is 20.3 Å². The number of hydrogen-bond acceptors (Lipinski definition) is 2. The third-order valence-electron chi connectivity index (χ3n) is 3.33. The van der Waals surface area contributed by atoms with Gasteiger partial charge in [0.2, 0.25) is 5.91 Å². The molecule has 1 aliphatic rings. The van der Waals surface area contributed by atoms with Crippen molar-refractivity contribution in [2.24, 2.45) is 5.92 Å². The average molecular weight is 249 g/mol. The summed E-state index contributed by atoms with van der Waals surface area (Å²) in [4.78, 5) is 15.2. The van der Waals surface area contributed by atoms with Crippen molar-refractivity contribution < 1.29 is 4.79 Å². The zero-order valence-electron chi connectivity index (χ0n) is 10.4. The molecular formula is C14H19NOS. The van der Waals surface area contributed by atoms with Gasteiger partial charge in [0.25, 0.3) is 0 Å². The molecule has 17 heavy (non-hydrogen) atoms. The Morgan fingerprint density at radius 1 is 1.35 bits per heavy atom. The molecule has 0 N–H and O–H groups in total. The molecule has 1 aromatic carbocycles. The summed E-state index contributed by atoms with van der Waals surface area (Å²) < 4.78 is 0. The first kappa shape index (κ1) is 12.5. The van der Waals surface area contributed by atoms with Crippen LogP contribution in [0.2, 0.25) is 0 Å². The van der Waals surface area contributed by atoms with E-state index in [1.807, 2.05) is 41.9 Å². The zero-order valence-corrected chi connectivity index (χ0v) is 11.2. The number of hydrogen-bond donors (Lipinski definition) is 0. The Morgan fingerprint density at radius 3 is 2.76 bits per heavy atom. The minimum atomic E-state index is 0.180. The molecule has 1 aromatic rings. The summed E-state index contributed by atoms with van der Waals surface area (Å²) in [6.45, 7) is 3.08. The molecule has 2 nitrogen and oxygen atoms in total. The Labute approximate surface area is 107 Å². The van der Waals surface area contributed by atoms with Crippen LogP contribution in [-0.2, 0) is 4.79 Å². The van der Waals surface area contributed by atoms with Gasteiger partial charge in [0.1, 0.15) is 0 Å². The van der Waals surface area contributed by atoms with Crippen LogP contribution in [0.3, 0.4) is 0 Å². The molecule has 3 heteroatoms. The van der Waals surface area contributed by atoms with E-state index in [1.165, 1.54) is 4.90 Å². The van der Waals surface area contributed by atoms with Gasteiger partial charge in [0, 0.05) is 23.7 Å². The van der Waals surface area contributed by atoms with Crippen LogP contribution in [0, 0.1) is 5.92 Å². The van der Waals surface area contributed by atoms with Crippen LogP contribution in [-0.4, -0.2) is 29.6 Å². The third-order valence-corrected chi connectivity index (χ3v) is 4.58. The molecule has 1 fully saturated rings. The smallest absolute Gasteiger partial charge is 0.226 e. The van der Waals surface area contributed by atoms with Crippen molar-refractivity contribution in [2.75, 3.05) is 13.6 Å². The van der Waals surface area contributed by atoms with Crippen molar-refractivity contribution in [1.82, 2.24) is 4.90 Å². The molecule has 2 atom stereocenters. The number of thioether (sulfide) groups is 1. The molecule has 1 amide bonds. The Balaban J connectivity index is 2.00. The van der Waals surface area contributed by atoms with Gasteiger partial charge in [-0.25, -0.2) is 0 Å². The van der Waals surface area contributed by atoms with Gasteiger partial charge in [-0.3, -0.25) is 4.79 Å². The summed E-state index contributed by atoms with van der Waals surface area (Å²) >= 11 is 1.81. The summed E-state index contributed by atoms with van der Waals surface area (Å²) in [6, 6.07) is 10.3. The average Bonchev–Trinajstić information content (AvgIpc) is 2.34. The second-order valence-electron chi connectivity index (χ2n) is 4.64. The van der Waals surface area contributed by atoms with E-state index in [0.717, 1.165) is 19.4 Å². The highest BCUT2D eigenvalue weighted by atomic mass is 32.2. The van der Waals surface area contributed by atoms with Crippen LogP contribution >= 0.6 is 11.8 Å². The molecule has 92 valence electrons. The number of rotatable bonds is 3. The lowest BCUT2D eigenvalue weighted by Crippen LogP contribution is -2.41. The van der Waals surface area contributed by atoms with Gasteiger partial charge in [0.15, 0.2) is 0 Å². The largest absolute Gasteiger partial charge is 0.345 e. The van der Waals surface area contributed by atoms with E-state index in [4.69, 9.17) is 0 Å². The lowest BCUT2D eigenvalue weighted by atomic mass is 9.95. The molecule has 1 aliphatic heterocycles. The summed E-state index contributed by atoms with van der Waals surface area (Å²) in [6.07, 6.45) is 2.16. The Bertz CT molecular complexity index is 379. The Kier molecular flexibility index (Phi) is 4.11. The predicted molar refractivity (Wildman–Crippen MR) is 72.1 cm³/mol. The summed E-state index contributed by atoms with van der Waals surface area (Å²) in [5, 5.41) is 0.354. The van der Waals surface area contributed by atoms with E-state index in [2.05, 4.69) is 19.1 Å². The van der Waals surface area contributed by atoms with Gasteiger partial charge in [-0.05, 0) is 25.0 Å². The van der Waals surface area contributed by atoms with Gasteiger partial charge in [0.05, 0.1) is 5.92 Å². The van der Waals surface area contributed by atoms with Gasteiger partial charge >= 0.3 is 0 Å². The highest BCUT2D eigenvalue weighted by Crippen LogP contribution is 2.32. The molecule has 0 unspecified atom stereocenters. The number of likely N-dealkylation sites (tertiary alicyclic amines) is 1. The fourth-order valence-corrected chi connectivity index (χ4v) is 3.46. The lowest BCUT2D eigenvalue weighted by Gasteiger charge is -2.32. The first-order valence-electron chi connectivity index (χ1n) is 6.15. The summed E-state index contributed by atoms with van der Waals surface area (Å²) in [7, 11) is 1.91. The van der Waals surface area contributed by atoms with E-state index in [-0.39, 0.29) is 5.92 Å². The molecule has 0 aliphatic carbocycles. The van der Waals surface area contributed by atoms with Gasteiger partial charge < -0.3 is 4.90 Å². The van der Waals surface area contributed by atoms with Crippen LogP contribution in [0.25, 0.3) is 0 Å². The van der Waals surface area contributed by atoms with Crippen molar-refractivity contribution in [3.63, 3.8) is 0 Å². The van der Waals surface area contributed by atoms with Crippen LogP contribution < -0.4 is 0 Å². The number of piperidine rings is 1. The number of nitrogens with zero attached hydrogens (tertiary/aromatic N) is 1. The first-order valence-corrected chi connectivity index (χ1v) is 7.03. The fourth-order valence-electron chi connectivity index (χ4n) is 2.30. The summed E-state index contributed by atoms with van der Waals surface area (Å²) in [5.74, 6) is 0.492. The van der Waals surface area contributed by atoms with Crippen LogP contribution in [0.15, 0.2) is 35.2 Å². The predicted octanol–water partition coefficient (Wildman–Crippen LogP) is 3.04. The molecule has 0 saturated carbocycles. The molecule has 0 radical (unpaired) electrons. The lowest BCUT2D eigenvalue weighted by molar-refractivity contribution is -0.136. The quantitative estimate of drug-likeness (QED) is 0.767. The molecule has 1 heterocycles. The SMILES string of the molecule is C[C@H](Sc1ccccc1)[C@H]1CCCN(C)C1=O. The molecule has 0 aromatic heterocycles. The van der Waals surface area contributed by atoms with Crippen molar-refractivity contribution >= 4 is 17.7 Å². The van der Waals surface area contributed by atoms with E-state index in [9.17, 15) is 4.79 Å². The standard InChI is InChI=1S/C14H19NOS/c1-11(17-12-7-4-3-5-8-12)13-9-6-10-15(2)14(13)16/h3-5,7-8,11,13H,6,9-10H2,1-2H3/t11-,13+/m0/s1. The third kappa shape index (κ3) is 3.03. The molecular weight excluding hydrogens is 230 g/mol. The van der Waals surface area contributed by atoms with Gasteiger partial charge in [-0.1, -0.05) is 25.1 Å². The molecule has 0 spiro atoms. The summed E-state index contributed by atoms with van der Waals surface area (Å²) in [5.41, 5.74) is 0. The van der Waals surface area contributed by atoms with Crippen LogP contribution in [0.4, 0.5) is 0 Å². The van der Waals surface area contributed by atoms with Crippen molar-refractivity contribution in [3.05, 3.63) is 30.3 Å². The maximum atomic E-state index is 12.1. The minimum absolute atomic E-state index is 0.180. The molecule has 2 rings (SSSR count). The van der Waals surface area contributed by atoms with E-state index >= 15 is 0 Å². The van der Waals surface area contributed by atoms with Crippen LogP contribution in [0.5, 0.6) is 0 Å². The first-order chi connectivity index (χ1) is 8.18. The number of benzene rings is 1. The normalized spacial score (nSPS) is 22.6. The Hall–Kier alpha value is -0.960. The van der Waals surface area contributed by atoms with Crippen LogP contribution in [0.1, 0.15) is 19.8 Å². The Morgan fingerprint density at radius 2 is 2.06 bits per heavy atom. The maximum Gasteiger partial charge on any atom is 0.226 e. The zero-order chi connectivity index (χ0) is 12.3. The monoisotopic (exact) mass is 249 g/mol. The van der Waals surface area contributed by atoms with E-state index in [0.29, 0.717) is 11.2 Å². The second-order valence-corrected chi connectivity index (χ2v) is 6.10. The van der Waals surface area contributed by atoms with Crippen molar-refractivity contribution in [1.29, 1.82) is 0 Å². The highest BCUT2D eigenvalue weighted by Gasteiger charge is 2.31. The minimum Gasteiger partial charge on any atom is -0.345 e. The number of carbonyl (C=O) groups excluding carboxylic acids is 1.